The zero-order valence-corrected chi connectivity index (χ0v) is 18.4. The van der Waals surface area contributed by atoms with E-state index in [0.29, 0.717) is 34.9 Å². The van der Waals surface area contributed by atoms with Gasteiger partial charge in [0.25, 0.3) is 11.8 Å². The minimum atomic E-state index is -0.389. The molecule has 0 unspecified atom stereocenters. The van der Waals surface area contributed by atoms with Gasteiger partial charge >= 0.3 is 0 Å². The lowest BCUT2D eigenvalue weighted by Gasteiger charge is -2.15. The number of hydrogen-bond acceptors (Lipinski definition) is 5. The molecule has 0 saturated heterocycles. The molecule has 0 bridgehead atoms. The van der Waals surface area contributed by atoms with Gasteiger partial charge in [-0.15, -0.1) is 0 Å². The zero-order valence-electron chi connectivity index (χ0n) is 18.4. The van der Waals surface area contributed by atoms with E-state index in [1.807, 2.05) is 69.3 Å². The van der Waals surface area contributed by atoms with Crippen LogP contribution in [-0.4, -0.2) is 28.3 Å². The first-order valence-electron chi connectivity index (χ1n) is 10.6. The Hall–Kier alpha value is -3.93. The number of aromatic nitrogens is 1. The second-order valence-corrected chi connectivity index (χ2v) is 7.62. The number of imide groups is 1. The van der Waals surface area contributed by atoms with Crippen LogP contribution in [0, 0.1) is 13.8 Å². The van der Waals surface area contributed by atoms with Gasteiger partial charge in [0.2, 0.25) is 0 Å². The molecule has 6 nitrogen and oxygen atoms in total. The third kappa shape index (κ3) is 4.12. The predicted molar refractivity (Wildman–Crippen MR) is 124 cm³/mol. The minimum absolute atomic E-state index is 0.102. The highest BCUT2D eigenvalue weighted by atomic mass is 16.5. The second-order valence-electron chi connectivity index (χ2n) is 7.62. The number of benzene rings is 2. The van der Waals surface area contributed by atoms with E-state index in [4.69, 9.17) is 4.74 Å². The van der Waals surface area contributed by atoms with Crippen LogP contribution >= 0.6 is 0 Å². The molecule has 1 N–H and O–H groups in total. The van der Waals surface area contributed by atoms with Crippen LogP contribution in [0.3, 0.4) is 0 Å². The number of carbonyl (C=O) groups is 2. The minimum Gasteiger partial charge on any atom is -0.492 e. The standard InChI is InChI=1S/C26H25N3O3/c1-4-32-22-11-6-5-10-21(22)28-24-23(19-13-12-17(2)18(3)15-19)25(30)29(26(24)31)16-20-9-7-8-14-27-20/h5-15,28H,4,16H2,1-3H3. The molecule has 6 heteroatoms. The molecule has 2 aromatic carbocycles. The number of nitrogens with one attached hydrogen (secondary N) is 1. The fourth-order valence-electron chi connectivity index (χ4n) is 3.64. The molecule has 1 aromatic heterocycles. The first-order chi connectivity index (χ1) is 15.5. The van der Waals surface area contributed by atoms with Crippen LogP contribution in [-0.2, 0) is 16.1 Å². The van der Waals surface area contributed by atoms with Gasteiger partial charge in [0.15, 0.2) is 0 Å². The quantitative estimate of drug-likeness (QED) is 0.563. The van der Waals surface area contributed by atoms with Gasteiger partial charge in [-0.3, -0.25) is 19.5 Å². The molecular weight excluding hydrogens is 402 g/mol. The van der Waals surface area contributed by atoms with Crippen LogP contribution < -0.4 is 10.1 Å². The van der Waals surface area contributed by atoms with Crippen molar-refractivity contribution in [3.05, 3.63) is 94.9 Å². The van der Waals surface area contributed by atoms with E-state index in [1.54, 1.807) is 18.3 Å². The maximum Gasteiger partial charge on any atom is 0.278 e. The van der Waals surface area contributed by atoms with Crippen LogP contribution in [0.5, 0.6) is 5.75 Å². The number of amides is 2. The van der Waals surface area contributed by atoms with E-state index in [1.165, 1.54) is 4.90 Å². The Morgan fingerprint density at radius 2 is 1.72 bits per heavy atom. The predicted octanol–water partition coefficient (Wildman–Crippen LogP) is 4.49. The van der Waals surface area contributed by atoms with Gasteiger partial charge < -0.3 is 10.1 Å². The van der Waals surface area contributed by atoms with Crippen molar-refractivity contribution in [3.63, 3.8) is 0 Å². The topological polar surface area (TPSA) is 71.5 Å². The molecule has 162 valence electrons. The Kier molecular flexibility index (Phi) is 6.03. The Morgan fingerprint density at radius 3 is 2.44 bits per heavy atom. The summed E-state index contributed by atoms with van der Waals surface area (Å²) in [6.45, 7) is 6.49. The smallest absolute Gasteiger partial charge is 0.278 e. The molecule has 0 atom stereocenters. The summed E-state index contributed by atoms with van der Waals surface area (Å²) in [5.74, 6) is -0.120. The summed E-state index contributed by atoms with van der Waals surface area (Å²) in [5, 5.41) is 3.20. The molecule has 0 spiro atoms. The molecule has 4 rings (SSSR count). The van der Waals surface area contributed by atoms with Crippen molar-refractivity contribution in [1.82, 2.24) is 9.88 Å². The van der Waals surface area contributed by atoms with Crippen molar-refractivity contribution < 1.29 is 14.3 Å². The van der Waals surface area contributed by atoms with Crippen LogP contribution in [0.25, 0.3) is 5.57 Å². The number of pyridine rings is 1. The molecule has 2 heterocycles. The molecule has 1 aliphatic rings. The van der Waals surface area contributed by atoms with E-state index >= 15 is 0 Å². The van der Waals surface area contributed by atoms with E-state index in [2.05, 4.69) is 10.3 Å². The van der Waals surface area contributed by atoms with Gasteiger partial charge in [-0.2, -0.15) is 0 Å². The average Bonchev–Trinajstić information content (AvgIpc) is 3.02. The highest BCUT2D eigenvalue weighted by molar-refractivity contribution is 6.36. The van der Waals surface area contributed by atoms with E-state index in [9.17, 15) is 9.59 Å². The number of ether oxygens (including phenoxy) is 1. The first-order valence-corrected chi connectivity index (χ1v) is 10.6. The Bertz CT molecular complexity index is 1200. The fraction of sp³-hybridized carbons (Fsp3) is 0.192. The normalized spacial score (nSPS) is 13.7. The Morgan fingerprint density at radius 1 is 0.938 bits per heavy atom. The molecule has 0 fully saturated rings. The molecule has 32 heavy (non-hydrogen) atoms. The van der Waals surface area contributed by atoms with Crippen molar-refractivity contribution in [3.8, 4) is 5.75 Å². The van der Waals surface area contributed by atoms with Crippen LogP contribution in [0.1, 0.15) is 29.3 Å². The molecule has 0 aliphatic carbocycles. The van der Waals surface area contributed by atoms with Gasteiger partial charge in [-0.25, -0.2) is 0 Å². The number of nitrogens with zero attached hydrogens (tertiary/aromatic N) is 2. The first kappa shape index (κ1) is 21.3. The van der Waals surface area contributed by atoms with E-state index in [-0.39, 0.29) is 24.1 Å². The summed E-state index contributed by atoms with van der Waals surface area (Å²) in [5.41, 5.74) is 4.73. The highest BCUT2D eigenvalue weighted by Crippen LogP contribution is 2.34. The van der Waals surface area contributed by atoms with Crippen molar-refractivity contribution in [1.29, 1.82) is 0 Å². The number of carbonyl (C=O) groups excluding carboxylic acids is 2. The maximum absolute atomic E-state index is 13.5. The van der Waals surface area contributed by atoms with Crippen LogP contribution in [0.15, 0.2) is 72.6 Å². The van der Waals surface area contributed by atoms with E-state index < -0.39 is 0 Å². The summed E-state index contributed by atoms with van der Waals surface area (Å²) in [6.07, 6.45) is 1.65. The van der Waals surface area contributed by atoms with Gasteiger partial charge in [-0.05, 0) is 61.7 Å². The van der Waals surface area contributed by atoms with Crippen molar-refractivity contribution >= 4 is 23.1 Å². The van der Waals surface area contributed by atoms with Gasteiger partial charge in [0, 0.05) is 6.20 Å². The fourth-order valence-corrected chi connectivity index (χ4v) is 3.64. The number of para-hydroxylation sites is 2. The van der Waals surface area contributed by atoms with Crippen LogP contribution in [0.2, 0.25) is 0 Å². The summed E-state index contributed by atoms with van der Waals surface area (Å²) in [7, 11) is 0. The summed E-state index contributed by atoms with van der Waals surface area (Å²) >= 11 is 0. The van der Waals surface area contributed by atoms with Crippen LogP contribution in [0.4, 0.5) is 5.69 Å². The Balaban J connectivity index is 1.78. The van der Waals surface area contributed by atoms with Gasteiger partial charge in [0.05, 0.1) is 30.1 Å². The Labute approximate surface area is 187 Å². The SMILES string of the molecule is CCOc1ccccc1NC1=C(c2ccc(C)c(C)c2)C(=O)N(Cc2ccccn2)C1=O. The maximum atomic E-state index is 13.5. The number of anilines is 1. The lowest BCUT2D eigenvalue weighted by molar-refractivity contribution is -0.137. The van der Waals surface area contributed by atoms with E-state index in [0.717, 1.165) is 11.1 Å². The average molecular weight is 428 g/mol. The zero-order chi connectivity index (χ0) is 22.7. The lowest BCUT2D eigenvalue weighted by atomic mass is 9.99. The molecule has 3 aromatic rings. The summed E-state index contributed by atoms with van der Waals surface area (Å²) in [4.78, 5) is 32.4. The molecule has 0 saturated carbocycles. The third-order valence-electron chi connectivity index (χ3n) is 5.46. The van der Waals surface area contributed by atoms with Crippen molar-refractivity contribution in [2.24, 2.45) is 0 Å². The van der Waals surface area contributed by atoms with Crippen molar-refractivity contribution in [2.75, 3.05) is 11.9 Å². The second kappa shape index (κ2) is 9.06. The van der Waals surface area contributed by atoms with Gasteiger partial charge in [0.1, 0.15) is 11.4 Å². The number of aryl methyl sites for hydroxylation is 2. The van der Waals surface area contributed by atoms with Gasteiger partial charge in [-0.1, -0.05) is 36.4 Å². The third-order valence-corrected chi connectivity index (χ3v) is 5.46. The number of rotatable bonds is 7. The summed E-state index contributed by atoms with van der Waals surface area (Å²) in [6, 6.07) is 18.6. The monoisotopic (exact) mass is 427 g/mol. The molecule has 1 aliphatic heterocycles. The molecular formula is C26H25N3O3. The molecule has 2 amide bonds. The lowest BCUT2D eigenvalue weighted by Crippen LogP contribution is -2.32. The largest absolute Gasteiger partial charge is 0.492 e. The number of hydrogen-bond donors (Lipinski definition) is 1. The summed E-state index contributed by atoms with van der Waals surface area (Å²) < 4.78 is 5.70. The van der Waals surface area contributed by atoms with Crippen molar-refractivity contribution in [2.45, 2.75) is 27.3 Å². The molecule has 0 radical (unpaired) electrons. The highest BCUT2D eigenvalue weighted by Gasteiger charge is 2.39.